The number of aliphatic hydroxyl groups excluding tert-OH is 1. The summed E-state index contributed by atoms with van der Waals surface area (Å²) in [6.45, 7) is 0.511. The molecule has 6 heteroatoms. The van der Waals surface area contributed by atoms with E-state index in [2.05, 4.69) is 5.32 Å². The standard InChI is InChI=1S/C8H11N3O3/c12-6-5-9-7-1-3-8(4-2-7)10-11(13)14/h1-4,9-10,12H,5-6H2. The van der Waals surface area contributed by atoms with Crippen molar-refractivity contribution in [1.29, 1.82) is 0 Å². The molecule has 6 nitrogen and oxygen atoms in total. The first-order valence-corrected chi connectivity index (χ1v) is 4.08. The van der Waals surface area contributed by atoms with E-state index >= 15 is 0 Å². The van der Waals surface area contributed by atoms with Gasteiger partial charge in [0.15, 0.2) is 5.03 Å². The van der Waals surface area contributed by atoms with Crippen LogP contribution in [-0.2, 0) is 0 Å². The normalized spacial score (nSPS) is 9.50. The molecule has 0 amide bonds. The molecular formula is C8H11N3O3. The van der Waals surface area contributed by atoms with Crippen LogP contribution in [0.4, 0.5) is 11.4 Å². The Morgan fingerprint density at radius 2 is 1.86 bits per heavy atom. The first kappa shape index (κ1) is 10.3. The summed E-state index contributed by atoms with van der Waals surface area (Å²) in [5, 5.41) is 20.9. The van der Waals surface area contributed by atoms with E-state index in [-0.39, 0.29) is 6.61 Å². The minimum Gasteiger partial charge on any atom is -0.395 e. The predicted octanol–water partition coefficient (Wildman–Crippen LogP) is 0.694. The Labute approximate surface area is 80.7 Å². The van der Waals surface area contributed by atoms with Crippen molar-refractivity contribution in [2.45, 2.75) is 0 Å². The van der Waals surface area contributed by atoms with Crippen LogP contribution >= 0.6 is 0 Å². The second kappa shape index (κ2) is 5.03. The number of nitrogens with one attached hydrogen (secondary N) is 2. The zero-order chi connectivity index (χ0) is 10.4. The average Bonchev–Trinajstić information content (AvgIpc) is 2.16. The van der Waals surface area contributed by atoms with Crippen molar-refractivity contribution >= 4 is 11.4 Å². The maximum absolute atomic E-state index is 10.1. The molecule has 0 unspecified atom stereocenters. The van der Waals surface area contributed by atoms with Gasteiger partial charge in [-0.2, -0.15) is 0 Å². The molecule has 0 saturated heterocycles. The summed E-state index contributed by atoms with van der Waals surface area (Å²) in [7, 11) is 0. The van der Waals surface area contributed by atoms with Gasteiger partial charge in [0.1, 0.15) is 5.69 Å². The summed E-state index contributed by atoms with van der Waals surface area (Å²) >= 11 is 0. The Bertz CT molecular complexity index is 299. The fraction of sp³-hybridized carbons (Fsp3) is 0.250. The van der Waals surface area contributed by atoms with E-state index in [1.807, 2.05) is 5.43 Å². The zero-order valence-electron chi connectivity index (χ0n) is 7.43. The Hall–Kier alpha value is -1.82. The lowest BCUT2D eigenvalue weighted by Crippen LogP contribution is -2.08. The largest absolute Gasteiger partial charge is 0.395 e. The molecule has 0 aliphatic heterocycles. The third-order valence-corrected chi connectivity index (χ3v) is 1.55. The van der Waals surface area contributed by atoms with Crippen LogP contribution in [0.2, 0.25) is 0 Å². The van der Waals surface area contributed by atoms with E-state index in [0.29, 0.717) is 12.2 Å². The zero-order valence-corrected chi connectivity index (χ0v) is 7.43. The van der Waals surface area contributed by atoms with Gasteiger partial charge in [-0.25, -0.2) is 10.1 Å². The van der Waals surface area contributed by atoms with Crippen molar-refractivity contribution in [3.8, 4) is 0 Å². The summed E-state index contributed by atoms with van der Waals surface area (Å²) in [4.78, 5) is 10.1. The highest BCUT2D eigenvalue weighted by Gasteiger charge is 1.97. The summed E-state index contributed by atoms with van der Waals surface area (Å²) in [6.07, 6.45) is 0. The Balaban J connectivity index is 2.54. The molecule has 0 spiro atoms. The highest BCUT2D eigenvalue weighted by atomic mass is 16.7. The van der Waals surface area contributed by atoms with Crippen LogP contribution in [0.3, 0.4) is 0 Å². The third-order valence-electron chi connectivity index (χ3n) is 1.55. The summed E-state index contributed by atoms with van der Waals surface area (Å²) in [5.74, 6) is 0. The fourth-order valence-electron chi connectivity index (χ4n) is 0.968. The number of hydrogen-bond donors (Lipinski definition) is 3. The molecule has 0 heterocycles. The van der Waals surface area contributed by atoms with E-state index in [0.717, 1.165) is 5.69 Å². The lowest BCUT2D eigenvalue weighted by molar-refractivity contribution is -0.445. The van der Waals surface area contributed by atoms with E-state index in [1.54, 1.807) is 24.3 Å². The predicted molar refractivity (Wildman–Crippen MR) is 52.6 cm³/mol. The number of hydrogen-bond acceptors (Lipinski definition) is 4. The molecule has 0 atom stereocenters. The number of hydrazine groups is 1. The SMILES string of the molecule is O=[N+]([O-])Nc1ccc(NCCO)cc1. The molecule has 76 valence electrons. The molecule has 0 aromatic heterocycles. The van der Waals surface area contributed by atoms with Crippen LogP contribution in [0.1, 0.15) is 0 Å². The fourth-order valence-corrected chi connectivity index (χ4v) is 0.968. The van der Waals surface area contributed by atoms with Gasteiger partial charge in [-0.1, -0.05) is 0 Å². The summed E-state index contributed by atoms with van der Waals surface area (Å²) < 4.78 is 0. The molecule has 0 aliphatic rings. The second-order valence-electron chi connectivity index (χ2n) is 2.60. The van der Waals surface area contributed by atoms with Gasteiger partial charge in [0.25, 0.3) is 0 Å². The van der Waals surface area contributed by atoms with Gasteiger partial charge in [0.2, 0.25) is 0 Å². The van der Waals surface area contributed by atoms with Crippen LogP contribution in [-0.4, -0.2) is 23.3 Å². The van der Waals surface area contributed by atoms with Crippen LogP contribution < -0.4 is 10.7 Å². The van der Waals surface area contributed by atoms with Gasteiger partial charge in [0, 0.05) is 12.2 Å². The third kappa shape index (κ3) is 3.28. The minimum atomic E-state index is -0.615. The van der Waals surface area contributed by atoms with E-state index in [1.165, 1.54) is 0 Å². The Morgan fingerprint density at radius 3 is 2.36 bits per heavy atom. The summed E-state index contributed by atoms with van der Waals surface area (Å²) in [6, 6.07) is 6.56. The molecule has 1 aromatic carbocycles. The molecule has 0 bridgehead atoms. The van der Waals surface area contributed by atoms with Crippen LogP contribution in [0.5, 0.6) is 0 Å². The quantitative estimate of drug-likeness (QED) is 0.477. The topological polar surface area (TPSA) is 87.4 Å². The van der Waals surface area contributed by atoms with Crippen LogP contribution in [0.15, 0.2) is 24.3 Å². The number of rotatable bonds is 5. The average molecular weight is 197 g/mol. The van der Waals surface area contributed by atoms with Crippen molar-refractivity contribution in [2.24, 2.45) is 0 Å². The van der Waals surface area contributed by atoms with E-state index < -0.39 is 5.03 Å². The number of anilines is 2. The molecular weight excluding hydrogens is 186 g/mol. The van der Waals surface area contributed by atoms with Crippen LogP contribution in [0.25, 0.3) is 0 Å². The van der Waals surface area contributed by atoms with Crippen LogP contribution in [0, 0.1) is 10.1 Å². The van der Waals surface area contributed by atoms with Gasteiger partial charge < -0.3 is 10.4 Å². The van der Waals surface area contributed by atoms with Crippen molar-refractivity contribution in [1.82, 2.24) is 0 Å². The Morgan fingerprint density at radius 1 is 1.29 bits per heavy atom. The molecule has 3 N–H and O–H groups in total. The van der Waals surface area contributed by atoms with Gasteiger partial charge in [-0.05, 0) is 24.3 Å². The maximum Gasteiger partial charge on any atom is 0.162 e. The lowest BCUT2D eigenvalue weighted by atomic mass is 10.3. The summed E-state index contributed by atoms with van der Waals surface area (Å²) in [5.41, 5.74) is 3.27. The number of benzene rings is 1. The van der Waals surface area contributed by atoms with Gasteiger partial charge in [-0.15, -0.1) is 5.43 Å². The highest BCUT2D eigenvalue weighted by Crippen LogP contribution is 2.12. The number of nitrogens with zero attached hydrogens (tertiary/aromatic N) is 1. The van der Waals surface area contributed by atoms with Crippen molar-refractivity contribution in [3.05, 3.63) is 34.4 Å². The van der Waals surface area contributed by atoms with Crippen molar-refractivity contribution in [3.63, 3.8) is 0 Å². The van der Waals surface area contributed by atoms with Gasteiger partial charge in [0.05, 0.1) is 6.61 Å². The second-order valence-corrected chi connectivity index (χ2v) is 2.60. The molecule has 1 aromatic rings. The van der Waals surface area contributed by atoms with Crippen molar-refractivity contribution < 1.29 is 10.1 Å². The molecule has 0 saturated carbocycles. The maximum atomic E-state index is 10.1. The molecule has 0 aliphatic carbocycles. The van der Waals surface area contributed by atoms with Crippen molar-refractivity contribution in [2.75, 3.05) is 23.9 Å². The van der Waals surface area contributed by atoms with E-state index in [4.69, 9.17) is 5.11 Å². The first-order chi connectivity index (χ1) is 6.72. The lowest BCUT2D eigenvalue weighted by Gasteiger charge is -2.04. The Kier molecular flexibility index (Phi) is 3.69. The monoisotopic (exact) mass is 197 g/mol. The van der Waals surface area contributed by atoms with E-state index in [9.17, 15) is 10.1 Å². The molecule has 0 radical (unpaired) electrons. The first-order valence-electron chi connectivity index (χ1n) is 4.08. The number of aliphatic hydroxyl groups is 1. The number of nitro groups is 1. The van der Waals surface area contributed by atoms with Gasteiger partial charge >= 0.3 is 0 Å². The smallest absolute Gasteiger partial charge is 0.162 e. The highest BCUT2D eigenvalue weighted by molar-refractivity contribution is 5.52. The van der Waals surface area contributed by atoms with Gasteiger partial charge in [-0.3, -0.25) is 0 Å². The molecule has 1 rings (SSSR count). The molecule has 0 fully saturated rings. The molecule has 14 heavy (non-hydrogen) atoms. The minimum absolute atomic E-state index is 0.0505.